The van der Waals surface area contributed by atoms with Gasteiger partial charge in [-0.05, 0) is 24.6 Å². The van der Waals surface area contributed by atoms with Crippen LogP contribution in [0.25, 0.3) is 11.5 Å². The predicted octanol–water partition coefficient (Wildman–Crippen LogP) is 3.44. The highest BCUT2D eigenvalue weighted by Gasteiger charge is 2.11. The molecule has 0 amide bonds. The van der Waals surface area contributed by atoms with Gasteiger partial charge in [0.15, 0.2) is 0 Å². The standard InChI is InChI=1S/C10H8Cl2N2O/c1-6-2-3-7(8(12)4-6)10-14-13-9(5-11)15-10/h2-4H,5H2,1H3. The molecule has 0 unspecified atom stereocenters. The van der Waals surface area contributed by atoms with Gasteiger partial charge in [0.1, 0.15) is 5.88 Å². The van der Waals surface area contributed by atoms with Crippen molar-refractivity contribution in [3.8, 4) is 11.5 Å². The van der Waals surface area contributed by atoms with Gasteiger partial charge in [-0.3, -0.25) is 0 Å². The Kier molecular flexibility index (Phi) is 2.93. The van der Waals surface area contributed by atoms with Crippen LogP contribution in [0, 0.1) is 6.92 Å². The van der Waals surface area contributed by atoms with Gasteiger partial charge in [-0.2, -0.15) is 0 Å². The summed E-state index contributed by atoms with van der Waals surface area (Å²) in [5.41, 5.74) is 1.81. The Balaban J connectivity index is 2.44. The van der Waals surface area contributed by atoms with E-state index >= 15 is 0 Å². The first kappa shape index (κ1) is 10.5. The molecule has 2 rings (SSSR count). The van der Waals surface area contributed by atoms with Crippen molar-refractivity contribution in [2.24, 2.45) is 0 Å². The van der Waals surface area contributed by atoms with Crippen molar-refractivity contribution in [3.05, 3.63) is 34.7 Å². The molecule has 1 aromatic carbocycles. The molecule has 0 radical (unpaired) electrons. The van der Waals surface area contributed by atoms with E-state index in [1.165, 1.54) is 0 Å². The van der Waals surface area contributed by atoms with Crippen LogP contribution in [0.2, 0.25) is 5.02 Å². The summed E-state index contributed by atoms with van der Waals surface area (Å²) in [4.78, 5) is 0. The van der Waals surface area contributed by atoms with Gasteiger partial charge in [0.05, 0.1) is 10.6 Å². The molecule has 2 aromatic rings. The molecular formula is C10H8Cl2N2O. The minimum atomic E-state index is 0.205. The van der Waals surface area contributed by atoms with Crippen LogP contribution >= 0.6 is 23.2 Å². The number of benzene rings is 1. The SMILES string of the molecule is Cc1ccc(-c2nnc(CCl)o2)c(Cl)c1. The van der Waals surface area contributed by atoms with E-state index in [0.29, 0.717) is 16.8 Å². The van der Waals surface area contributed by atoms with Crippen molar-refractivity contribution < 1.29 is 4.42 Å². The lowest BCUT2D eigenvalue weighted by atomic mass is 10.1. The average molecular weight is 243 g/mol. The molecule has 0 saturated heterocycles. The number of aromatic nitrogens is 2. The maximum Gasteiger partial charge on any atom is 0.249 e. The van der Waals surface area contributed by atoms with Crippen LogP contribution in [0.5, 0.6) is 0 Å². The maximum absolute atomic E-state index is 6.06. The number of alkyl halides is 1. The van der Waals surface area contributed by atoms with Gasteiger partial charge in [0.25, 0.3) is 0 Å². The Morgan fingerprint density at radius 2 is 2.13 bits per heavy atom. The summed E-state index contributed by atoms with van der Waals surface area (Å²) in [5.74, 6) is 0.996. The first-order valence-electron chi connectivity index (χ1n) is 4.35. The van der Waals surface area contributed by atoms with Crippen LogP contribution in [0.1, 0.15) is 11.5 Å². The predicted molar refractivity (Wildman–Crippen MR) is 59.0 cm³/mol. The molecule has 0 aliphatic carbocycles. The van der Waals surface area contributed by atoms with E-state index in [9.17, 15) is 0 Å². The largest absolute Gasteiger partial charge is 0.419 e. The first-order chi connectivity index (χ1) is 7.20. The fourth-order valence-corrected chi connectivity index (χ4v) is 1.63. The molecule has 3 nitrogen and oxygen atoms in total. The quantitative estimate of drug-likeness (QED) is 0.758. The molecule has 0 fully saturated rings. The second kappa shape index (κ2) is 4.21. The highest BCUT2D eigenvalue weighted by atomic mass is 35.5. The maximum atomic E-state index is 6.06. The fourth-order valence-electron chi connectivity index (χ4n) is 1.21. The van der Waals surface area contributed by atoms with E-state index in [0.717, 1.165) is 11.1 Å². The number of aryl methyl sites for hydroxylation is 1. The topological polar surface area (TPSA) is 38.9 Å². The van der Waals surface area contributed by atoms with Gasteiger partial charge < -0.3 is 4.42 Å². The highest BCUT2D eigenvalue weighted by molar-refractivity contribution is 6.33. The number of rotatable bonds is 2. The van der Waals surface area contributed by atoms with Crippen molar-refractivity contribution >= 4 is 23.2 Å². The molecule has 78 valence electrons. The Hall–Kier alpha value is -1.06. The second-order valence-corrected chi connectivity index (χ2v) is 3.79. The van der Waals surface area contributed by atoms with Gasteiger partial charge in [0.2, 0.25) is 11.8 Å². The van der Waals surface area contributed by atoms with Crippen LogP contribution in [0.15, 0.2) is 22.6 Å². The molecule has 0 atom stereocenters. The van der Waals surface area contributed by atoms with Gasteiger partial charge in [-0.15, -0.1) is 21.8 Å². The Labute approximate surface area is 97.0 Å². The molecule has 1 heterocycles. The van der Waals surface area contributed by atoms with Gasteiger partial charge in [-0.25, -0.2) is 0 Å². The number of hydrogen-bond donors (Lipinski definition) is 0. The average Bonchev–Trinajstić information content (AvgIpc) is 2.66. The Morgan fingerprint density at radius 1 is 1.33 bits per heavy atom. The van der Waals surface area contributed by atoms with E-state index in [1.54, 1.807) is 0 Å². The lowest BCUT2D eigenvalue weighted by Crippen LogP contribution is -1.81. The van der Waals surface area contributed by atoms with Gasteiger partial charge in [0, 0.05) is 0 Å². The monoisotopic (exact) mass is 242 g/mol. The Bertz CT molecular complexity index is 482. The molecule has 0 N–H and O–H groups in total. The van der Waals surface area contributed by atoms with Gasteiger partial charge in [-0.1, -0.05) is 17.7 Å². The molecule has 1 aromatic heterocycles. The zero-order chi connectivity index (χ0) is 10.8. The van der Waals surface area contributed by atoms with Crippen LogP contribution < -0.4 is 0 Å². The number of halogens is 2. The van der Waals surface area contributed by atoms with Crippen molar-refractivity contribution in [1.82, 2.24) is 10.2 Å². The molecular weight excluding hydrogens is 235 g/mol. The zero-order valence-corrected chi connectivity index (χ0v) is 9.51. The molecule has 5 heteroatoms. The summed E-state index contributed by atoms with van der Waals surface area (Å²) in [6.45, 7) is 1.97. The van der Waals surface area contributed by atoms with E-state index in [1.807, 2.05) is 25.1 Å². The lowest BCUT2D eigenvalue weighted by Gasteiger charge is -1.99. The molecule has 0 saturated carbocycles. The molecule has 0 spiro atoms. The third kappa shape index (κ3) is 2.13. The molecule has 0 aliphatic heterocycles. The van der Waals surface area contributed by atoms with Crippen molar-refractivity contribution in [2.75, 3.05) is 0 Å². The lowest BCUT2D eigenvalue weighted by molar-refractivity contribution is 0.527. The normalized spacial score (nSPS) is 10.6. The van der Waals surface area contributed by atoms with E-state index in [4.69, 9.17) is 27.6 Å². The minimum absolute atomic E-state index is 0.205. The van der Waals surface area contributed by atoms with E-state index < -0.39 is 0 Å². The minimum Gasteiger partial charge on any atom is -0.419 e. The molecule has 0 aliphatic rings. The van der Waals surface area contributed by atoms with Crippen LogP contribution in [0.4, 0.5) is 0 Å². The smallest absolute Gasteiger partial charge is 0.249 e. The number of hydrogen-bond acceptors (Lipinski definition) is 3. The van der Waals surface area contributed by atoms with E-state index in [2.05, 4.69) is 10.2 Å². The van der Waals surface area contributed by atoms with Crippen LogP contribution in [-0.2, 0) is 5.88 Å². The highest BCUT2D eigenvalue weighted by Crippen LogP contribution is 2.27. The van der Waals surface area contributed by atoms with Crippen LogP contribution in [-0.4, -0.2) is 10.2 Å². The summed E-state index contributed by atoms with van der Waals surface area (Å²) in [6.07, 6.45) is 0. The summed E-state index contributed by atoms with van der Waals surface area (Å²) in [7, 11) is 0. The van der Waals surface area contributed by atoms with Crippen molar-refractivity contribution in [2.45, 2.75) is 12.8 Å². The van der Waals surface area contributed by atoms with E-state index in [-0.39, 0.29) is 5.88 Å². The molecule has 0 bridgehead atoms. The Morgan fingerprint density at radius 3 is 2.73 bits per heavy atom. The fraction of sp³-hybridized carbons (Fsp3) is 0.200. The van der Waals surface area contributed by atoms with Gasteiger partial charge >= 0.3 is 0 Å². The summed E-state index contributed by atoms with van der Waals surface area (Å²) < 4.78 is 5.30. The van der Waals surface area contributed by atoms with Crippen molar-refractivity contribution in [1.29, 1.82) is 0 Å². The third-order valence-corrected chi connectivity index (χ3v) is 2.48. The summed E-state index contributed by atoms with van der Waals surface area (Å²) in [6, 6.07) is 5.64. The van der Waals surface area contributed by atoms with Crippen LogP contribution in [0.3, 0.4) is 0 Å². The third-order valence-electron chi connectivity index (χ3n) is 1.94. The van der Waals surface area contributed by atoms with Crippen molar-refractivity contribution in [3.63, 3.8) is 0 Å². The second-order valence-electron chi connectivity index (χ2n) is 3.12. The summed E-state index contributed by atoms with van der Waals surface area (Å²) in [5, 5.41) is 8.23. The number of nitrogens with zero attached hydrogens (tertiary/aromatic N) is 2. The first-order valence-corrected chi connectivity index (χ1v) is 5.27. The molecule has 15 heavy (non-hydrogen) atoms. The summed E-state index contributed by atoms with van der Waals surface area (Å²) >= 11 is 11.6. The zero-order valence-electron chi connectivity index (χ0n) is 8.00.